The van der Waals surface area contributed by atoms with Crippen molar-refractivity contribution in [1.29, 1.82) is 0 Å². The van der Waals surface area contributed by atoms with Gasteiger partial charge in [-0.25, -0.2) is 0 Å². The lowest BCUT2D eigenvalue weighted by molar-refractivity contribution is -0.147. The van der Waals surface area contributed by atoms with Gasteiger partial charge in [0.15, 0.2) is 6.10 Å². The highest BCUT2D eigenvalue weighted by molar-refractivity contribution is 5.80. The standard InChI is InChI=1S/C12H22N2O3/c1-9-6-13-3-2-10(9)7-14-12(15)11-8-16-4-5-17-11/h9-11,13H,2-8H2,1H3,(H,14,15). The molecule has 98 valence electrons. The fourth-order valence-corrected chi connectivity index (χ4v) is 2.36. The SMILES string of the molecule is CC1CNCCC1CNC(=O)C1COCCO1. The number of piperidine rings is 1. The zero-order valence-corrected chi connectivity index (χ0v) is 10.4. The van der Waals surface area contributed by atoms with Gasteiger partial charge in [0.1, 0.15) is 0 Å². The highest BCUT2D eigenvalue weighted by Gasteiger charge is 2.25. The maximum Gasteiger partial charge on any atom is 0.251 e. The van der Waals surface area contributed by atoms with Crippen molar-refractivity contribution in [2.75, 3.05) is 39.5 Å². The molecule has 2 heterocycles. The van der Waals surface area contributed by atoms with E-state index in [2.05, 4.69) is 17.6 Å². The molecule has 0 bridgehead atoms. The number of carbonyl (C=O) groups is 1. The lowest BCUT2D eigenvalue weighted by atomic mass is 9.88. The molecule has 0 spiro atoms. The van der Waals surface area contributed by atoms with E-state index in [1.54, 1.807) is 0 Å². The third-order valence-electron chi connectivity index (χ3n) is 3.61. The van der Waals surface area contributed by atoms with Crippen molar-refractivity contribution in [3.8, 4) is 0 Å². The van der Waals surface area contributed by atoms with Gasteiger partial charge in [-0.15, -0.1) is 0 Å². The summed E-state index contributed by atoms with van der Waals surface area (Å²) in [5, 5.41) is 6.34. The maximum absolute atomic E-state index is 11.8. The molecule has 1 amide bonds. The molecule has 0 saturated carbocycles. The average molecular weight is 242 g/mol. The fourth-order valence-electron chi connectivity index (χ4n) is 2.36. The predicted octanol–water partition coefficient (Wildman–Crippen LogP) is -0.236. The van der Waals surface area contributed by atoms with Crippen molar-refractivity contribution >= 4 is 5.91 Å². The van der Waals surface area contributed by atoms with E-state index in [1.165, 1.54) is 0 Å². The van der Waals surface area contributed by atoms with E-state index >= 15 is 0 Å². The molecule has 0 aromatic heterocycles. The van der Waals surface area contributed by atoms with E-state index in [0.29, 0.717) is 31.7 Å². The molecule has 0 aliphatic carbocycles. The van der Waals surface area contributed by atoms with Crippen LogP contribution in [0, 0.1) is 11.8 Å². The van der Waals surface area contributed by atoms with Crippen LogP contribution in [0.2, 0.25) is 0 Å². The molecule has 5 nitrogen and oxygen atoms in total. The van der Waals surface area contributed by atoms with Gasteiger partial charge in [-0.3, -0.25) is 4.79 Å². The third kappa shape index (κ3) is 3.66. The van der Waals surface area contributed by atoms with Gasteiger partial charge in [-0.1, -0.05) is 6.92 Å². The summed E-state index contributed by atoms with van der Waals surface area (Å²) < 4.78 is 10.6. The van der Waals surface area contributed by atoms with Gasteiger partial charge in [-0.2, -0.15) is 0 Å². The Balaban J connectivity index is 1.71. The number of hydrogen-bond acceptors (Lipinski definition) is 4. The molecule has 2 N–H and O–H groups in total. The van der Waals surface area contributed by atoms with Crippen LogP contribution in [0.15, 0.2) is 0 Å². The van der Waals surface area contributed by atoms with Crippen LogP contribution >= 0.6 is 0 Å². The van der Waals surface area contributed by atoms with Gasteiger partial charge < -0.3 is 20.1 Å². The molecule has 2 rings (SSSR count). The smallest absolute Gasteiger partial charge is 0.251 e. The molecule has 5 heteroatoms. The molecule has 0 radical (unpaired) electrons. The minimum atomic E-state index is -0.416. The Bertz CT molecular complexity index is 254. The van der Waals surface area contributed by atoms with Crippen LogP contribution in [0.4, 0.5) is 0 Å². The van der Waals surface area contributed by atoms with E-state index in [-0.39, 0.29) is 5.91 Å². The first kappa shape index (κ1) is 12.8. The number of carbonyl (C=O) groups excluding carboxylic acids is 1. The molecule has 2 aliphatic heterocycles. The lowest BCUT2D eigenvalue weighted by Crippen LogP contribution is -2.46. The normalized spacial score (nSPS) is 34.3. The molecule has 2 saturated heterocycles. The van der Waals surface area contributed by atoms with Gasteiger partial charge in [-0.05, 0) is 31.3 Å². The van der Waals surface area contributed by atoms with Crippen molar-refractivity contribution in [3.05, 3.63) is 0 Å². The Kier molecular flexibility index (Phi) is 4.76. The third-order valence-corrected chi connectivity index (χ3v) is 3.61. The minimum Gasteiger partial charge on any atom is -0.376 e. The van der Waals surface area contributed by atoms with Crippen molar-refractivity contribution in [3.63, 3.8) is 0 Å². The van der Waals surface area contributed by atoms with Crippen molar-refractivity contribution < 1.29 is 14.3 Å². The van der Waals surface area contributed by atoms with Crippen LogP contribution in [0.1, 0.15) is 13.3 Å². The molecule has 2 fully saturated rings. The van der Waals surface area contributed by atoms with Crippen molar-refractivity contribution in [1.82, 2.24) is 10.6 Å². The van der Waals surface area contributed by atoms with E-state index < -0.39 is 6.10 Å². The van der Waals surface area contributed by atoms with Gasteiger partial charge >= 0.3 is 0 Å². The first-order chi connectivity index (χ1) is 8.27. The van der Waals surface area contributed by atoms with Crippen molar-refractivity contribution in [2.24, 2.45) is 11.8 Å². The Morgan fingerprint density at radius 2 is 2.35 bits per heavy atom. The van der Waals surface area contributed by atoms with Crippen molar-refractivity contribution in [2.45, 2.75) is 19.4 Å². The summed E-state index contributed by atoms with van der Waals surface area (Å²) in [5.41, 5.74) is 0. The molecule has 3 atom stereocenters. The fraction of sp³-hybridized carbons (Fsp3) is 0.917. The topological polar surface area (TPSA) is 59.6 Å². The van der Waals surface area contributed by atoms with E-state index in [4.69, 9.17) is 9.47 Å². The van der Waals surface area contributed by atoms with Gasteiger partial charge in [0, 0.05) is 6.54 Å². The van der Waals surface area contributed by atoms with Gasteiger partial charge in [0.25, 0.3) is 5.91 Å². The molecular weight excluding hydrogens is 220 g/mol. The van der Waals surface area contributed by atoms with Crippen LogP contribution in [-0.4, -0.2) is 51.5 Å². The Hall–Kier alpha value is -0.650. The first-order valence-corrected chi connectivity index (χ1v) is 6.45. The predicted molar refractivity (Wildman–Crippen MR) is 63.7 cm³/mol. The summed E-state index contributed by atoms with van der Waals surface area (Å²) in [6.07, 6.45) is 0.712. The summed E-state index contributed by atoms with van der Waals surface area (Å²) in [6.45, 7) is 6.56. The van der Waals surface area contributed by atoms with E-state index in [9.17, 15) is 4.79 Å². The van der Waals surface area contributed by atoms with Crippen LogP contribution in [-0.2, 0) is 14.3 Å². The van der Waals surface area contributed by atoms with Crippen LogP contribution < -0.4 is 10.6 Å². The number of nitrogens with one attached hydrogen (secondary N) is 2. The highest BCUT2D eigenvalue weighted by atomic mass is 16.6. The summed E-state index contributed by atoms with van der Waals surface area (Å²) in [4.78, 5) is 11.8. The lowest BCUT2D eigenvalue weighted by Gasteiger charge is -2.30. The van der Waals surface area contributed by atoms with Crippen LogP contribution in [0.5, 0.6) is 0 Å². The highest BCUT2D eigenvalue weighted by Crippen LogP contribution is 2.17. The molecule has 0 aromatic carbocycles. The zero-order chi connectivity index (χ0) is 12.1. The summed E-state index contributed by atoms with van der Waals surface area (Å²) in [6, 6.07) is 0. The van der Waals surface area contributed by atoms with Gasteiger partial charge in [0.05, 0.1) is 19.8 Å². The number of amides is 1. The largest absolute Gasteiger partial charge is 0.376 e. The Morgan fingerprint density at radius 1 is 1.47 bits per heavy atom. The second-order valence-electron chi connectivity index (χ2n) is 4.91. The number of hydrogen-bond donors (Lipinski definition) is 2. The second kappa shape index (κ2) is 6.33. The van der Waals surface area contributed by atoms with Crippen LogP contribution in [0.25, 0.3) is 0 Å². The first-order valence-electron chi connectivity index (χ1n) is 6.45. The molecular formula is C12H22N2O3. The number of rotatable bonds is 3. The Morgan fingerprint density at radius 3 is 3.06 bits per heavy atom. The zero-order valence-electron chi connectivity index (χ0n) is 10.4. The van der Waals surface area contributed by atoms with Gasteiger partial charge in [0.2, 0.25) is 0 Å². The number of ether oxygens (including phenoxy) is 2. The molecule has 3 unspecified atom stereocenters. The summed E-state index contributed by atoms with van der Waals surface area (Å²) >= 11 is 0. The summed E-state index contributed by atoms with van der Waals surface area (Å²) in [5.74, 6) is 1.16. The second-order valence-corrected chi connectivity index (χ2v) is 4.91. The van der Waals surface area contributed by atoms with E-state index in [1.807, 2.05) is 0 Å². The molecule has 17 heavy (non-hydrogen) atoms. The maximum atomic E-state index is 11.8. The molecule has 2 aliphatic rings. The van der Waals surface area contributed by atoms with Crippen LogP contribution in [0.3, 0.4) is 0 Å². The Labute approximate surface area is 102 Å². The average Bonchev–Trinajstić information content (AvgIpc) is 2.38. The van der Waals surface area contributed by atoms with E-state index in [0.717, 1.165) is 26.1 Å². The molecule has 0 aromatic rings. The monoisotopic (exact) mass is 242 g/mol. The summed E-state index contributed by atoms with van der Waals surface area (Å²) in [7, 11) is 0. The minimum absolute atomic E-state index is 0.0320. The quantitative estimate of drug-likeness (QED) is 0.717.